The molecule has 0 aliphatic carbocycles. The van der Waals surface area contributed by atoms with E-state index in [9.17, 15) is 24.0 Å². The minimum absolute atomic E-state index is 0.0972. The highest BCUT2D eigenvalue weighted by Crippen LogP contribution is 2.34. The first kappa shape index (κ1) is 37.1. The third kappa shape index (κ3) is 13.7. The lowest BCUT2D eigenvalue weighted by atomic mass is 10.1. The third-order valence-corrected chi connectivity index (χ3v) is 7.36. The van der Waals surface area contributed by atoms with Crippen LogP contribution >= 0.6 is 0 Å². The second kappa shape index (κ2) is 21.6. The van der Waals surface area contributed by atoms with Crippen molar-refractivity contribution in [3.05, 3.63) is 33.1 Å². The van der Waals surface area contributed by atoms with Crippen LogP contribution in [0.4, 0.5) is 0 Å². The third-order valence-electron chi connectivity index (χ3n) is 7.36. The standard InChI is InChI=1S/C30H51N5O9/c31-17-10-4-1-7-13-24(37)41-21-22-27(43-25(38)14-8-2-5-11-18-32)28(44-26(39)15-9-3-6-12-19-33)29(42-22)35-20-16-23(36)34-30(35)40/h16,20,22,27-29H,1-15,17-19,21,31-33H2,(H,34,36,40)/t22-,27-,28-,29-/m1/s1. The van der Waals surface area contributed by atoms with Crippen LogP contribution < -0.4 is 28.5 Å². The van der Waals surface area contributed by atoms with Crippen LogP contribution in [-0.4, -0.2) is 72.0 Å². The van der Waals surface area contributed by atoms with Gasteiger partial charge in [0.05, 0.1) is 0 Å². The van der Waals surface area contributed by atoms with Crippen LogP contribution in [0.2, 0.25) is 0 Å². The highest BCUT2D eigenvalue weighted by molar-refractivity contribution is 5.71. The summed E-state index contributed by atoms with van der Waals surface area (Å²) >= 11 is 0. The van der Waals surface area contributed by atoms with E-state index in [0.29, 0.717) is 38.9 Å². The summed E-state index contributed by atoms with van der Waals surface area (Å²) in [4.78, 5) is 64.9. The van der Waals surface area contributed by atoms with Crippen LogP contribution in [0.1, 0.15) is 103 Å². The SMILES string of the molecule is NCCCCCCC(=O)OC[C@H]1O[C@@H](n2ccc(=O)[nH]c2=O)[C@H](OC(=O)CCCCCCN)[C@@H]1OC(=O)CCCCCCN. The Bertz CT molecular complexity index is 1110. The van der Waals surface area contributed by atoms with Gasteiger partial charge in [0, 0.05) is 31.5 Å². The summed E-state index contributed by atoms with van der Waals surface area (Å²) in [5.41, 5.74) is 15.2. The Morgan fingerprint density at radius 2 is 1.18 bits per heavy atom. The maximum atomic E-state index is 12.9. The van der Waals surface area contributed by atoms with E-state index < -0.39 is 53.7 Å². The average molecular weight is 626 g/mol. The molecular formula is C30H51N5O9. The van der Waals surface area contributed by atoms with E-state index in [1.807, 2.05) is 0 Å². The summed E-state index contributed by atoms with van der Waals surface area (Å²) in [5, 5.41) is 0. The van der Waals surface area contributed by atoms with Gasteiger partial charge in [-0.2, -0.15) is 0 Å². The van der Waals surface area contributed by atoms with Crippen LogP contribution in [0, 0.1) is 0 Å². The van der Waals surface area contributed by atoms with E-state index in [0.717, 1.165) is 68.4 Å². The number of rotatable bonds is 23. The average Bonchev–Trinajstić information content (AvgIpc) is 3.31. The normalized spacial score (nSPS) is 19.5. The Hall–Kier alpha value is -3.07. The van der Waals surface area contributed by atoms with Crippen LogP contribution in [0.5, 0.6) is 0 Å². The van der Waals surface area contributed by atoms with Crippen molar-refractivity contribution in [2.24, 2.45) is 17.2 Å². The van der Waals surface area contributed by atoms with Crippen LogP contribution in [0.25, 0.3) is 0 Å². The molecule has 1 saturated heterocycles. The number of aromatic nitrogens is 2. The number of unbranched alkanes of at least 4 members (excludes halogenated alkanes) is 9. The Labute approximate surface area is 258 Å². The van der Waals surface area contributed by atoms with Gasteiger partial charge in [-0.25, -0.2) is 4.79 Å². The highest BCUT2D eigenvalue weighted by atomic mass is 16.7. The molecule has 1 aliphatic heterocycles. The number of H-pyrrole nitrogens is 1. The molecule has 44 heavy (non-hydrogen) atoms. The summed E-state index contributed by atoms with van der Waals surface area (Å²) in [5.74, 6) is -1.56. The number of nitrogens with two attached hydrogens (primary N) is 3. The summed E-state index contributed by atoms with van der Waals surface area (Å²) in [6.45, 7) is 1.44. The van der Waals surface area contributed by atoms with Crippen molar-refractivity contribution in [2.45, 2.75) is 121 Å². The van der Waals surface area contributed by atoms with E-state index in [1.54, 1.807) is 0 Å². The summed E-state index contributed by atoms with van der Waals surface area (Å²) in [7, 11) is 0. The molecule has 2 heterocycles. The van der Waals surface area contributed by atoms with Gasteiger partial charge in [-0.1, -0.05) is 38.5 Å². The molecule has 250 valence electrons. The molecule has 1 aliphatic rings. The van der Waals surface area contributed by atoms with Crippen molar-refractivity contribution in [2.75, 3.05) is 26.2 Å². The number of ether oxygens (including phenoxy) is 4. The lowest BCUT2D eigenvalue weighted by Crippen LogP contribution is -2.43. The van der Waals surface area contributed by atoms with Crippen molar-refractivity contribution >= 4 is 17.9 Å². The molecule has 0 spiro atoms. The smallest absolute Gasteiger partial charge is 0.330 e. The zero-order chi connectivity index (χ0) is 32.2. The van der Waals surface area contributed by atoms with E-state index in [2.05, 4.69) is 4.98 Å². The molecule has 14 heteroatoms. The fourth-order valence-corrected chi connectivity index (χ4v) is 4.93. The van der Waals surface area contributed by atoms with Crippen molar-refractivity contribution in [3.8, 4) is 0 Å². The Kier molecular flexibility index (Phi) is 18.2. The molecule has 7 N–H and O–H groups in total. The van der Waals surface area contributed by atoms with Gasteiger partial charge in [-0.15, -0.1) is 0 Å². The maximum absolute atomic E-state index is 12.9. The minimum Gasteiger partial charge on any atom is -0.463 e. The van der Waals surface area contributed by atoms with Gasteiger partial charge in [0.1, 0.15) is 12.7 Å². The molecule has 0 amide bonds. The first-order valence-electron chi connectivity index (χ1n) is 15.9. The molecule has 2 rings (SSSR count). The zero-order valence-corrected chi connectivity index (χ0v) is 25.8. The first-order valence-corrected chi connectivity index (χ1v) is 15.9. The van der Waals surface area contributed by atoms with E-state index in [4.69, 9.17) is 36.1 Å². The van der Waals surface area contributed by atoms with Gasteiger partial charge in [0.15, 0.2) is 18.4 Å². The van der Waals surface area contributed by atoms with Crippen molar-refractivity contribution in [1.82, 2.24) is 9.55 Å². The Morgan fingerprint density at radius 3 is 1.68 bits per heavy atom. The quantitative estimate of drug-likeness (QED) is 0.0772. The molecule has 0 bridgehead atoms. The number of nitrogens with one attached hydrogen (secondary N) is 1. The molecule has 1 aromatic rings. The molecule has 14 nitrogen and oxygen atoms in total. The van der Waals surface area contributed by atoms with Gasteiger partial charge in [-0.05, 0) is 58.2 Å². The molecular weight excluding hydrogens is 574 g/mol. The van der Waals surface area contributed by atoms with E-state index >= 15 is 0 Å². The predicted octanol–water partition coefficient (Wildman–Crippen LogP) is 1.53. The number of hydrogen-bond acceptors (Lipinski definition) is 12. The lowest BCUT2D eigenvalue weighted by molar-refractivity contribution is -0.169. The molecule has 0 unspecified atom stereocenters. The van der Waals surface area contributed by atoms with Crippen molar-refractivity contribution in [1.29, 1.82) is 0 Å². The van der Waals surface area contributed by atoms with Gasteiger partial charge in [0.25, 0.3) is 5.56 Å². The number of carbonyl (C=O) groups is 3. The number of carbonyl (C=O) groups excluding carboxylic acids is 3. The number of nitrogens with zero attached hydrogens (tertiary/aromatic N) is 1. The zero-order valence-electron chi connectivity index (χ0n) is 25.8. The highest BCUT2D eigenvalue weighted by Gasteiger charge is 2.51. The van der Waals surface area contributed by atoms with Crippen molar-refractivity contribution in [3.63, 3.8) is 0 Å². The maximum Gasteiger partial charge on any atom is 0.330 e. The monoisotopic (exact) mass is 625 g/mol. The largest absolute Gasteiger partial charge is 0.463 e. The van der Waals surface area contributed by atoms with E-state index in [-0.39, 0.29) is 25.9 Å². The number of esters is 3. The van der Waals surface area contributed by atoms with Crippen LogP contribution in [0.3, 0.4) is 0 Å². The summed E-state index contributed by atoms with van der Waals surface area (Å²) in [6, 6.07) is 1.13. The predicted molar refractivity (Wildman–Crippen MR) is 162 cm³/mol. The molecule has 0 aromatic carbocycles. The van der Waals surface area contributed by atoms with Gasteiger partial charge < -0.3 is 36.1 Å². The summed E-state index contributed by atoms with van der Waals surface area (Å²) < 4.78 is 24.2. The first-order chi connectivity index (χ1) is 21.3. The minimum atomic E-state index is -1.25. The van der Waals surface area contributed by atoms with Gasteiger partial charge in [0.2, 0.25) is 0 Å². The molecule has 1 aromatic heterocycles. The molecule has 1 fully saturated rings. The van der Waals surface area contributed by atoms with E-state index in [1.165, 1.54) is 6.20 Å². The fraction of sp³-hybridized carbons (Fsp3) is 0.767. The topological polar surface area (TPSA) is 221 Å². The van der Waals surface area contributed by atoms with Gasteiger partial charge >= 0.3 is 23.6 Å². The lowest BCUT2D eigenvalue weighted by Gasteiger charge is -2.25. The molecule has 4 atom stereocenters. The number of hydrogen-bond donors (Lipinski definition) is 4. The summed E-state index contributed by atoms with van der Waals surface area (Å²) in [6.07, 6.45) is 6.34. The Balaban J connectivity index is 2.22. The second-order valence-electron chi connectivity index (χ2n) is 11.0. The number of aromatic amines is 1. The van der Waals surface area contributed by atoms with Crippen LogP contribution in [-0.2, 0) is 33.3 Å². The molecule has 0 saturated carbocycles. The second-order valence-corrected chi connectivity index (χ2v) is 11.0. The fourth-order valence-electron chi connectivity index (χ4n) is 4.93. The van der Waals surface area contributed by atoms with Gasteiger partial charge in [-0.3, -0.25) is 28.7 Å². The van der Waals surface area contributed by atoms with Crippen molar-refractivity contribution < 1.29 is 33.3 Å². The molecule has 0 radical (unpaired) electrons. The van der Waals surface area contributed by atoms with Crippen LogP contribution in [0.15, 0.2) is 21.9 Å². The Morgan fingerprint density at radius 1 is 0.705 bits per heavy atom.